The second-order valence-electron chi connectivity index (χ2n) is 6.18. The smallest absolute Gasteiger partial charge is 0.142 e. The average Bonchev–Trinajstić information content (AvgIpc) is 2.47. The molecule has 0 aromatic rings. The summed E-state index contributed by atoms with van der Waals surface area (Å²) in [5.41, 5.74) is 5.68. The topological polar surface area (TPSA) is 74.3 Å². The molecule has 0 bridgehead atoms. The van der Waals surface area contributed by atoms with Crippen LogP contribution in [0.4, 0.5) is 0 Å². The zero-order valence-electron chi connectivity index (χ0n) is 12.7. The highest BCUT2D eigenvalue weighted by atomic mass is 16.5. The van der Waals surface area contributed by atoms with Crippen LogP contribution in [-0.2, 0) is 4.74 Å². The molecule has 0 saturated carbocycles. The Morgan fingerprint density at radius 3 is 2.65 bits per heavy atom. The Hall–Kier alpha value is -0.850. The molecular weight excluding hydrogens is 256 g/mol. The van der Waals surface area contributed by atoms with Gasteiger partial charge in [-0.2, -0.15) is 0 Å². The predicted octanol–water partition coefficient (Wildman–Crippen LogP) is 0.554. The Bertz CT molecular complexity index is 327. The molecule has 2 saturated heterocycles. The zero-order chi connectivity index (χ0) is 14.5. The van der Waals surface area contributed by atoms with Gasteiger partial charge in [-0.05, 0) is 39.8 Å². The second-order valence-corrected chi connectivity index (χ2v) is 6.18. The minimum absolute atomic E-state index is 0.232. The number of oxime groups is 1. The van der Waals surface area contributed by atoms with Gasteiger partial charge < -0.3 is 20.6 Å². The Morgan fingerprint density at radius 2 is 2.05 bits per heavy atom. The van der Waals surface area contributed by atoms with Crippen LogP contribution in [0.1, 0.15) is 26.7 Å². The van der Waals surface area contributed by atoms with Gasteiger partial charge in [0.2, 0.25) is 0 Å². The second kappa shape index (κ2) is 7.24. The van der Waals surface area contributed by atoms with Crippen molar-refractivity contribution in [2.24, 2.45) is 16.8 Å². The molecule has 0 amide bonds. The number of amidine groups is 1. The van der Waals surface area contributed by atoms with Crippen LogP contribution >= 0.6 is 0 Å². The van der Waals surface area contributed by atoms with Crippen molar-refractivity contribution in [2.75, 3.05) is 39.3 Å². The number of ether oxygens (including phenoxy) is 1. The van der Waals surface area contributed by atoms with Gasteiger partial charge in [-0.25, -0.2) is 0 Å². The molecule has 6 nitrogen and oxygen atoms in total. The fourth-order valence-corrected chi connectivity index (χ4v) is 3.10. The van der Waals surface area contributed by atoms with Gasteiger partial charge in [-0.3, -0.25) is 4.90 Å². The first-order valence-electron chi connectivity index (χ1n) is 7.65. The van der Waals surface area contributed by atoms with Crippen molar-refractivity contribution < 1.29 is 9.94 Å². The molecule has 0 radical (unpaired) electrons. The average molecular weight is 284 g/mol. The highest BCUT2D eigenvalue weighted by Crippen LogP contribution is 2.19. The third kappa shape index (κ3) is 4.07. The van der Waals surface area contributed by atoms with Gasteiger partial charge in [0.25, 0.3) is 0 Å². The summed E-state index contributed by atoms with van der Waals surface area (Å²) in [6, 6.07) is 0.590. The Labute approximate surface area is 121 Å². The minimum Gasteiger partial charge on any atom is -0.409 e. The Morgan fingerprint density at radius 1 is 1.35 bits per heavy atom. The fraction of sp³-hybridized carbons (Fsp3) is 0.929. The summed E-state index contributed by atoms with van der Waals surface area (Å²) >= 11 is 0. The Balaban J connectivity index is 1.75. The van der Waals surface area contributed by atoms with E-state index in [1.807, 2.05) is 0 Å². The molecule has 2 aliphatic heterocycles. The van der Waals surface area contributed by atoms with Crippen LogP contribution in [0.2, 0.25) is 0 Å². The van der Waals surface area contributed by atoms with Crippen LogP contribution < -0.4 is 5.73 Å². The lowest BCUT2D eigenvalue weighted by Crippen LogP contribution is -2.51. The summed E-state index contributed by atoms with van der Waals surface area (Å²) in [5, 5.41) is 11.8. The van der Waals surface area contributed by atoms with Crippen LogP contribution in [0, 0.1) is 5.92 Å². The molecule has 2 heterocycles. The maximum absolute atomic E-state index is 8.72. The molecule has 0 aromatic carbocycles. The van der Waals surface area contributed by atoms with Crippen LogP contribution in [0.5, 0.6) is 0 Å². The highest BCUT2D eigenvalue weighted by Gasteiger charge is 2.27. The number of hydrogen-bond acceptors (Lipinski definition) is 5. The lowest BCUT2D eigenvalue weighted by Gasteiger charge is -2.39. The maximum Gasteiger partial charge on any atom is 0.142 e. The molecule has 0 spiro atoms. The first-order chi connectivity index (χ1) is 9.60. The standard InChI is InChI=1S/C14H28N4O2/c1-11(2)18-7-8-20-13(10-18)9-17-5-3-12(4-6-17)14(15)16-19/h11-13,19H,3-10H2,1-2H3,(H2,15,16). The molecule has 0 aromatic heterocycles. The molecule has 2 fully saturated rings. The van der Waals surface area contributed by atoms with Gasteiger partial charge in [-0.15, -0.1) is 0 Å². The lowest BCUT2D eigenvalue weighted by molar-refractivity contribution is -0.0544. The third-order valence-corrected chi connectivity index (χ3v) is 4.48. The normalized spacial score (nSPS) is 28.1. The summed E-state index contributed by atoms with van der Waals surface area (Å²) in [7, 11) is 0. The summed E-state index contributed by atoms with van der Waals surface area (Å²) in [6.07, 6.45) is 2.25. The zero-order valence-corrected chi connectivity index (χ0v) is 12.7. The molecule has 1 unspecified atom stereocenters. The fourth-order valence-electron chi connectivity index (χ4n) is 3.10. The molecule has 3 N–H and O–H groups in total. The van der Waals surface area contributed by atoms with Crippen LogP contribution in [-0.4, -0.2) is 72.3 Å². The van der Waals surface area contributed by atoms with E-state index < -0.39 is 0 Å². The van der Waals surface area contributed by atoms with Gasteiger partial charge in [0, 0.05) is 31.6 Å². The minimum atomic E-state index is 0.232. The lowest BCUT2D eigenvalue weighted by atomic mass is 9.95. The molecule has 1 atom stereocenters. The van der Waals surface area contributed by atoms with E-state index in [0.717, 1.165) is 52.2 Å². The largest absolute Gasteiger partial charge is 0.409 e. The predicted molar refractivity (Wildman–Crippen MR) is 79.0 cm³/mol. The number of rotatable bonds is 4. The van der Waals surface area contributed by atoms with Gasteiger partial charge in [0.1, 0.15) is 5.84 Å². The van der Waals surface area contributed by atoms with Crippen molar-refractivity contribution in [1.82, 2.24) is 9.80 Å². The van der Waals surface area contributed by atoms with Gasteiger partial charge in [0.05, 0.1) is 12.7 Å². The van der Waals surface area contributed by atoms with Crippen molar-refractivity contribution in [3.05, 3.63) is 0 Å². The first kappa shape index (κ1) is 15.5. The van der Waals surface area contributed by atoms with Crippen molar-refractivity contribution in [3.8, 4) is 0 Å². The first-order valence-corrected chi connectivity index (χ1v) is 7.65. The summed E-state index contributed by atoms with van der Waals surface area (Å²) in [4.78, 5) is 4.92. The number of nitrogens with zero attached hydrogens (tertiary/aromatic N) is 3. The van der Waals surface area contributed by atoms with Crippen LogP contribution in [0.25, 0.3) is 0 Å². The molecule has 116 valence electrons. The van der Waals surface area contributed by atoms with Crippen molar-refractivity contribution in [2.45, 2.75) is 38.8 Å². The monoisotopic (exact) mass is 284 g/mol. The van der Waals surface area contributed by atoms with Gasteiger partial charge in [-0.1, -0.05) is 5.16 Å². The molecule has 6 heteroatoms. The number of morpholine rings is 1. The van der Waals surface area contributed by atoms with E-state index in [1.54, 1.807) is 0 Å². The van der Waals surface area contributed by atoms with E-state index in [9.17, 15) is 0 Å². The van der Waals surface area contributed by atoms with E-state index in [1.165, 1.54) is 0 Å². The van der Waals surface area contributed by atoms with Gasteiger partial charge >= 0.3 is 0 Å². The number of piperidine rings is 1. The summed E-state index contributed by atoms with van der Waals surface area (Å²) in [6.45, 7) is 10.4. The Kier molecular flexibility index (Phi) is 5.63. The molecule has 2 rings (SSSR count). The number of likely N-dealkylation sites (tertiary alicyclic amines) is 1. The highest BCUT2D eigenvalue weighted by molar-refractivity contribution is 5.82. The van der Waals surface area contributed by atoms with Crippen LogP contribution in [0.15, 0.2) is 5.16 Å². The SMILES string of the molecule is CC(C)N1CCOC(CN2CCC(C(N)=NO)CC2)C1. The summed E-state index contributed by atoms with van der Waals surface area (Å²) < 4.78 is 5.88. The number of nitrogens with two attached hydrogens (primary N) is 1. The quantitative estimate of drug-likeness (QED) is 0.341. The van der Waals surface area contributed by atoms with Crippen molar-refractivity contribution >= 4 is 5.84 Å². The van der Waals surface area contributed by atoms with E-state index in [0.29, 0.717) is 18.0 Å². The van der Waals surface area contributed by atoms with E-state index in [4.69, 9.17) is 15.7 Å². The van der Waals surface area contributed by atoms with E-state index >= 15 is 0 Å². The molecule has 20 heavy (non-hydrogen) atoms. The third-order valence-electron chi connectivity index (χ3n) is 4.48. The van der Waals surface area contributed by atoms with Crippen molar-refractivity contribution in [3.63, 3.8) is 0 Å². The van der Waals surface area contributed by atoms with E-state index in [-0.39, 0.29) is 5.92 Å². The van der Waals surface area contributed by atoms with Crippen molar-refractivity contribution in [1.29, 1.82) is 0 Å². The molecule has 0 aliphatic carbocycles. The molecular formula is C14H28N4O2. The molecule has 2 aliphatic rings. The maximum atomic E-state index is 8.72. The summed E-state index contributed by atoms with van der Waals surface area (Å²) in [5.74, 6) is 0.611. The number of hydrogen-bond donors (Lipinski definition) is 2. The van der Waals surface area contributed by atoms with Gasteiger partial charge in [0.15, 0.2) is 0 Å². The van der Waals surface area contributed by atoms with Crippen LogP contribution in [0.3, 0.4) is 0 Å². The van der Waals surface area contributed by atoms with E-state index in [2.05, 4.69) is 28.8 Å².